The third kappa shape index (κ3) is 3.96. The topological polar surface area (TPSA) is 77.0 Å². The van der Waals surface area contributed by atoms with Crippen LogP contribution in [0.3, 0.4) is 0 Å². The van der Waals surface area contributed by atoms with E-state index in [9.17, 15) is 31.1 Å². The average molecular weight is 407 g/mol. The monoisotopic (exact) mass is 407 g/mol. The van der Waals surface area contributed by atoms with Gasteiger partial charge in [0.15, 0.2) is 23.3 Å². The highest BCUT2D eigenvalue weighted by atomic mass is 19.4. The summed E-state index contributed by atoms with van der Waals surface area (Å²) in [7, 11) is 0. The Morgan fingerprint density at radius 2 is 1.86 bits per heavy atom. The van der Waals surface area contributed by atoms with Crippen molar-refractivity contribution < 1.29 is 31.1 Å². The number of hydrogen-bond donors (Lipinski definition) is 1. The molecule has 0 saturated carbocycles. The number of carbonyl (C=O) groups excluding carboxylic acids is 1. The number of amides is 1. The summed E-state index contributed by atoms with van der Waals surface area (Å²) in [6, 6.07) is 0.912. The van der Waals surface area contributed by atoms with Crippen molar-refractivity contribution in [2.45, 2.75) is 38.1 Å². The van der Waals surface area contributed by atoms with E-state index < -0.39 is 41.4 Å². The third-order valence-corrected chi connectivity index (χ3v) is 4.39. The van der Waals surface area contributed by atoms with Crippen LogP contribution in [-0.4, -0.2) is 38.2 Å². The molecule has 2 N–H and O–H groups in total. The fraction of sp³-hybridized carbons (Fsp3) is 0.438. The largest absolute Gasteiger partial charge is 0.451 e. The van der Waals surface area contributed by atoms with E-state index in [-0.39, 0.29) is 43.9 Å². The highest BCUT2D eigenvalue weighted by Crippen LogP contribution is 2.29. The van der Waals surface area contributed by atoms with E-state index >= 15 is 0 Å². The van der Waals surface area contributed by atoms with Crippen molar-refractivity contribution in [3.63, 3.8) is 0 Å². The number of nitrogens with two attached hydrogens (primary N) is 1. The first-order chi connectivity index (χ1) is 13.1. The maximum atomic E-state index is 13.7. The third-order valence-electron chi connectivity index (χ3n) is 4.39. The van der Waals surface area contributed by atoms with Crippen LogP contribution in [0.25, 0.3) is 0 Å². The van der Waals surface area contributed by atoms with Gasteiger partial charge in [-0.05, 0) is 18.1 Å². The molecule has 0 bridgehead atoms. The number of alkyl halides is 3. The smallest absolute Gasteiger partial charge is 0.333 e. The van der Waals surface area contributed by atoms with E-state index in [0.717, 1.165) is 16.7 Å². The lowest BCUT2D eigenvalue weighted by molar-refractivity contribution is -0.148. The second-order valence-corrected chi connectivity index (χ2v) is 6.41. The van der Waals surface area contributed by atoms with Gasteiger partial charge in [0.2, 0.25) is 11.7 Å². The zero-order valence-corrected chi connectivity index (χ0v) is 14.3. The highest BCUT2D eigenvalue weighted by Gasteiger charge is 2.40. The van der Waals surface area contributed by atoms with Gasteiger partial charge in [0, 0.05) is 25.6 Å². The van der Waals surface area contributed by atoms with Gasteiger partial charge in [0.25, 0.3) is 0 Å². The van der Waals surface area contributed by atoms with Crippen molar-refractivity contribution in [1.29, 1.82) is 0 Å². The molecule has 1 amide bonds. The summed E-state index contributed by atoms with van der Waals surface area (Å²) in [5.74, 6) is -5.92. The van der Waals surface area contributed by atoms with Crippen LogP contribution >= 0.6 is 0 Å². The number of nitrogens with zero attached hydrogens (tertiary/aromatic N) is 4. The Hall–Kier alpha value is -2.63. The summed E-state index contributed by atoms with van der Waals surface area (Å²) in [5, 5.41) is 6.60. The Morgan fingerprint density at radius 1 is 1.14 bits per heavy atom. The van der Waals surface area contributed by atoms with Crippen molar-refractivity contribution in [3.8, 4) is 0 Å². The molecule has 6 nitrogen and oxygen atoms in total. The van der Waals surface area contributed by atoms with Gasteiger partial charge in [-0.3, -0.25) is 4.79 Å². The molecule has 0 unspecified atom stereocenters. The maximum absolute atomic E-state index is 13.7. The van der Waals surface area contributed by atoms with Crippen molar-refractivity contribution in [2.75, 3.05) is 6.54 Å². The molecule has 0 aliphatic carbocycles. The van der Waals surface area contributed by atoms with Crippen molar-refractivity contribution in [1.82, 2.24) is 19.7 Å². The van der Waals surface area contributed by atoms with Crippen molar-refractivity contribution in [2.24, 2.45) is 5.73 Å². The first kappa shape index (κ1) is 20.1. The summed E-state index contributed by atoms with van der Waals surface area (Å²) in [6.45, 7) is -0.302. The standard InChI is InChI=1S/C16H15F6N5O/c17-10-2-1-8(13(18)14(10)19)5-9(23)6-12(28)26-3-4-27-11(7-26)24-25-15(27)16(20,21)22/h1-2,9H,3-7,23H2/t9-/m1/s1. The van der Waals surface area contributed by atoms with E-state index in [1.807, 2.05) is 0 Å². The molecule has 1 aromatic heterocycles. The molecule has 2 heterocycles. The van der Waals surface area contributed by atoms with Crippen LogP contribution < -0.4 is 5.73 Å². The second-order valence-electron chi connectivity index (χ2n) is 6.41. The van der Waals surface area contributed by atoms with Gasteiger partial charge < -0.3 is 15.2 Å². The second kappa shape index (κ2) is 7.41. The summed E-state index contributed by atoms with van der Waals surface area (Å²) in [6.07, 6.45) is -5.11. The van der Waals surface area contributed by atoms with Crippen LogP contribution in [0.1, 0.15) is 23.6 Å². The van der Waals surface area contributed by atoms with Gasteiger partial charge in [0.1, 0.15) is 0 Å². The predicted octanol–water partition coefficient (Wildman–Crippen LogP) is 2.02. The summed E-state index contributed by atoms with van der Waals surface area (Å²) < 4.78 is 79.3. The van der Waals surface area contributed by atoms with Crippen LogP contribution in [0.4, 0.5) is 26.3 Å². The fourth-order valence-electron chi connectivity index (χ4n) is 3.01. The van der Waals surface area contributed by atoms with Crippen molar-refractivity contribution in [3.05, 3.63) is 46.8 Å². The number of rotatable bonds is 4. The van der Waals surface area contributed by atoms with Crippen molar-refractivity contribution >= 4 is 5.91 Å². The zero-order chi connectivity index (χ0) is 20.6. The normalized spacial score (nSPS) is 15.5. The Bertz CT molecular complexity index is 896. The summed E-state index contributed by atoms with van der Waals surface area (Å²) >= 11 is 0. The quantitative estimate of drug-likeness (QED) is 0.622. The molecule has 0 spiro atoms. The number of halogens is 6. The number of fused-ring (bicyclic) bond motifs is 1. The minimum absolute atomic E-state index is 0.000783. The van der Waals surface area contributed by atoms with E-state index in [1.165, 1.54) is 4.90 Å². The van der Waals surface area contributed by atoms with Gasteiger partial charge >= 0.3 is 6.18 Å². The highest BCUT2D eigenvalue weighted by molar-refractivity contribution is 5.76. The number of aromatic nitrogens is 3. The first-order valence-electron chi connectivity index (χ1n) is 8.23. The molecule has 1 aliphatic rings. The van der Waals surface area contributed by atoms with Crippen LogP contribution in [0, 0.1) is 17.5 Å². The predicted molar refractivity (Wildman–Crippen MR) is 83.1 cm³/mol. The average Bonchev–Trinajstić information content (AvgIpc) is 3.05. The molecule has 28 heavy (non-hydrogen) atoms. The molecule has 0 saturated heterocycles. The van der Waals surface area contributed by atoms with Crippen LogP contribution in [0.2, 0.25) is 0 Å². The lowest BCUT2D eigenvalue weighted by Gasteiger charge is -2.29. The van der Waals surface area contributed by atoms with Crippen LogP contribution in [-0.2, 0) is 30.5 Å². The summed E-state index contributed by atoms with van der Waals surface area (Å²) in [5.41, 5.74) is 5.64. The maximum Gasteiger partial charge on any atom is 0.451 e. The number of carbonyl (C=O) groups is 1. The Morgan fingerprint density at radius 3 is 2.54 bits per heavy atom. The fourth-order valence-corrected chi connectivity index (χ4v) is 3.01. The number of hydrogen-bond acceptors (Lipinski definition) is 4. The Balaban J connectivity index is 1.63. The minimum atomic E-state index is -4.64. The molecule has 152 valence electrons. The molecule has 3 rings (SSSR count). The Kier molecular flexibility index (Phi) is 5.33. The first-order valence-corrected chi connectivity index (χ1v) is 8.23. The molecule has 0 radical (unpaired) electrons. The van der Waals surface area contributed by atoms with Crippen LogP contribution in [0.15, 0.2) is 12.1 Å². The molecule has 1 atom stereocenters. The molecule has 2 aromatic rings. The van der Waals surface area contributed by atoms with Gasteiger partial charge in [-0.15, -0.1) is 10.2 Å². The van der Waals surface area contributed by atoms with E-state index in [4.69, 9.17) is 5.73 Å². The van der Waals surface area contributed by atoms with E-state index in [2.05, 4.69) is 10.2 Å². The van der Waals surface area contributed by atoms with E-state index in [0.29, 0.717) is 0 Å². The lowest BCUT2D eigenvalue weighted by Crippen LogP contribution is -2.42. The van der Waals surface area contributed by atoms with Gasteiger partial charge in [-0.25, -0.2) is 13.2 Å². The molecule has 0 fully saturated rings. The molecule has 12 heteroatoms. The van der Waals surface area contributed by atoms with Gasteiger partial charge in [0.05, 0.1) is 6.54 Å². The van der Waals surface area contributed by atoms with Gasteiger partial charge in [-0.2, -0.15) is 13.2 Å². The number of benzene rings is 1. The minimum Gasteiger partial charge on any atom is -0.333 e. The lowest BCUT2D eigenvalue weighted by atomic mass is 10.0. The molecule has 1 aromatic carbocycles. The SMILES string of the molecule is N[C@@H](CC(=O)N1CCn2c(nnc2C(F)(F)F)C1)Cc1ccc(F)c(F)c1F. The molecule has 1 aliphatic heterocycles. The zero-order valence-electron chi connectivity index (χ0n) is 14.3. The van der Waals surface area contributed by atoms with Crippen LogP contribution in [0.5, 0.6) is 0 Å². The Labute approximate surface area is 154 Å². The van der Waals surface area contributed by atoms with Gasteiger partial charge in [-0.1, -0.05) is 6.07 Å². The molecular formula is C16H15F6N5O. The van der Waals surface area contributed by atoms with E-state index in [1.54, 1.807) is 0 Å². The summed E-state index contributed by atoms with van der Waals surface area (Å²) in [4.78, 5) is 13.6. The molecular weight excluding hydrogens is 392 g/mol.